The molecule has 9 nitrogen and oxygen atoms in total. The van der Waals surface area contributed by atoms with E-state index in [9.17, 15) is 17.6 Å². The van der Waals surface area contributed by atoms with Gasteiger partial charge in [-0.1, -0.05) is 0 Å². The summed E-state index contributed by atoms with van der Waals surface area (Å²) in [5, 5.41) is 2.89. The minimum absolute atomic E-state index is 0.0772. The van der Waals surface area contributed by atoms with E-state index in [1.54, 1.807) is 6.92 Å². The largest absolute Gasteiger partial charge is 0.472 e. The number of sulfone groups is 1. The maximum atomic E-state index is 14.5. The monoisotopic (exact) mass is 490 g/mol. The minimum Gasteiger partial charge on any atom is -0.472 e. The van der Waals surface area contributed by atoms with E-state index in [1.807, 2.05) is 11.8 Å². The summed E-state index contributed by atoms with van der Waals surface area (Å²) in [6.45, 7) is 3.71. The van der Waals surface area contributed by atoms with Crippen LogP contribution in [0.1, 0.15) is 44.6 Å². The van der Waals surface area contributed by atoms with Crippen LogP contribution in [0.15, 0.2) is 29.4 Å². The van der Waals surface area contributed by atoms with E-state index in [-0.39, 0.29) is 40.5 Å². The highest BCUT2D eigenvalue weighted by Gasteiger charge is 2.53. The van der Waals surface area contributed by atoms with Crippen molar-refractivity contribution < 1.29 is 27.1 Å². The molecule has 3 aliphatic rings. The van der Waals surface area contributed by atoms with E-state index in [2.05, 4.69) is 15.3 Å². The van der Waals surface area contributed by atoms with Crippen LogP contribution in [0.25, 0.3) is 0 Å². The third kappa shape index (κ3) is 4.28. The van der Waals surface area contributed by atoms with E-state index < -0.39 is 15.7 Å². The molecule has 2 saturated heterocycles. The molecule has 182 valence electrons. The smallest absolute Gasteiger partial charge is 0.410 e. The zero-order chi connectivity index (χ0) is 24.3. The molecule has 0 spiro atoms. The molecule has 3 heterocycles. The molecule has 0 radical (unpaired) electrons. The van der Waals surface area contributed by atoms with Gasteiger partial charge >= 0.3 is 6.09 Å². The predicted octanol–water partition coefficient (Wildman–Crippen LogP) is 3.74. The molecule has 5 rings (SSSR count). The Morgan fingerprint density at radius 1 is 1.26 bits per heavy atom. The maximum absolute atomic E-state index is 14.5. The van der Waals surface area contributed by atoms with Crippen LogP contribution < -0.4 is 10.1 Å². The number of carbonyl (C=O) groups excluding carboxylic acids is 1. The fourth-order valence-corrected chi connectivity index (χ4v) is 5.30. The van der Waals surface area contributed by atoms with Gasteiger partial charge in [0.15, 0.2) is 9.84 Å². The highest BCUT2D eigenvalue weighted by molar-refractivity contribution is 7.90. The second kappa shape index (κ2) is 8.07. The van der Waals surface area contributed by atoms with Crippen LogP contribution in [0, 0.1) is 12.7 Å². The van der Waals surface area contributed by atoms with Crippen LogP contribution >= 0.6 is 0 Å². The molecule has 3 fully saturated rings. The van der Waals surface area contributed by atoms with Gasteiger partial charge in [-0.05, 0) is 57.7 Å². The van der Waals surface area contributed by atoms with Crippen molar-refractivity contribution in [2.45, 2.75) is 74.6 Å². The summed E-state index contributed by atoms with van der Waals surface area (Å²) in [5.41, 5.74) is 0.340. The molecule has 3 unspecified atom stereocenters. The van der Waals surface area contributed by atoms with Gasteiger partial charge in [0, 0.05) is 18.7 Å². The van der Waals surface area contributed by atoms with Gasteiger partial charge in [-0.2, -0.15) is 0 Å². The maximum Gasteiger partial charge on any atom is 0.410 e. The van der Waals surface area contributed by atoms with Gasteiger partial charge in [0.1, 0.15) is 29.7 Å². The number of fused-ring (bicyclic) bond motifs is 2. The van der Waals surface area contributed by atoms with Gasteiger partial charge in [-0.25, -0.2) is 27.6 Å². The predicted molar refractivity (Wildman–Crippen MR) is 121 cm³/mol. The highest BCUT2D eigenvalue weighted by atomic mass is 32.2. The Balaban J connectivity index is 1.30. The summed E-state index contributed by atoms with van der Waals surface area (Å²) in [7, 11) is -3.52. The highest BCUT2D eigenvalue weighted by Crippen LogP contribution is 2.44. The van der Waals surface area contributed by atoms with Crippen LogP contribution in [0.5, 0.6) is 5.88 Å². The molecule has 1 N–H and O–H groups in total. The summed E-state index contributed by atoms with van der Waals surface area (Å²) < 4.78 is 49.7. The Bertz CT molecular complexity index is 1250. The molecule has 1 aromatic carbocycles. The van der Waals surface area contributed by atoms with Crippen molar-refractivity contribution in [1.29, 1.82) is 0 Å². The number of benzene rings is 1. The molecule has 2 bridgehead atoms. The number of nitrogens with one attached hydrogen (secondary N) is 1. The molecule has 1 amide bonds. The molecule has 34 heavy (non-hydrogen) atoms. The summed E-state index contributed by atoms with van der Waals surface area (Å²) in [5.74, 6) is -0.0159. The van der Waals surface area contributed by atoms with Crippen LogP contribution in [-0.4, -0.2) is 59.4 Å². The second-order valence-corrected chi connectivity index (χ2v) is 11.6. The van der Waals surface area contributed by atoms with Crippen LogP contribution in [0.3, 0.4) is 0 Å². The van der Waals surface area contributed by atoms with Crippen molar-refractivity contribution in [3.8, 4) is 5.88 Å². The topological polar surface area (TPSA) is 111 Å². The number of nitrogens with zero attached hydrogens (tertiary/aromatic N) is 3. The number of hydrogen-bond donors (Lipinski definition) is 1. The molecule has 3 atom stereocenters. The van der Waals surface area contributed by atoms with Gasteiger partial charge < -0.3 is 14.8 Å². The lowest BCUT2D eigenvalue weighted by Gasteiger charge is -2.26. The van der Waals surface area contributed by atoms with E-state index >= 15 is 0 Å². The van der Waals surface area contributed by atoms with Crippen molar-refractivity contribution >= 4 is 27.4 Å². The average Bonchev–Trinajstić information content (AvgIpc) is 3.21. The zero-order valence-corrected chi connectivity index (χ0v) is 20.1. The number of halogens is 1. The lowest BCUT2D eigenvalue weighted by atomic mass is 9.98. The van der Waals surface area contributed by atoms with E-state index in [1.165, 1.54) is 18.5 Å². The average molecular weight is 491 g/mol. The van der Waals surface area contributed by atoms with Crippen LogP contribution in [-0.2, 0) is 14.6 Å². The van der Waals surface area contributed by atoms with E-state index in [0.717, 1.165) is 38.0 Å². The second-order valence-electron chi connectivity index (χ2n) is 9.61. The Hall–Kier alpha value is -2.95. The lowest BCUT2D eigenvalue weighted by molar-refractivity contribution is 0.0482. The Morgan fingerprint density at radius 3 is 2.71 bits per heavy atom. The fraction of sp³-hybridized carbons (Fsp3) is 0.522. The third-order valence-electron chi connectivity index (χ3n) is 6.90. The third-order valence-corrected chi connectivity index (χ3v) is 8.01. The number of hydrogen-bond acceptors (Lipinski definition) is 8. The number of rotatable bonds is 6. The van der Waals surface area contributed by atoms with Gasteiger partial charge in [0.05, 0.1) is 22.2 Å². The number of anilines is 2. The van der Waals surface area contributed by atoms with Gasteiger partial charge in [-0.3, -0.25) is 4.90 Å². The van der Waals surface area contributed by atoms with Crippen molar-refractivity contribution in [2.24, 2.45) is 0 Å². The van der Waals surface area contributed by atoms with Crippen molar-refractivity contribution in [2.75, 3.05) is 11.6 Å². The molecular weight excluding hydrogens is 463 g/mol. The zero-order valence-electron chi connectivity index (χ0n) is 19.2. The first kappa shape index (κ1) is 22.8. The molecule has 11 heteroatoms. The molecule has 1 aromatic heterocycles. The summed E-state index contributed by atoms with van der Waals surface area (Å²) in [6, 6.07) is 3.67. The molecule has 1 saturated carbocycles. The first-order valence-corrected chi connectivity index (χ1v) is 13.2. The Morgan fingerprint density at radius 2 is 2.03 bits per heavy atom. The van der Waals surface area contributed by atoms with Crippen LogP contribution in [0.4, 0.5) is 20.7 Å². The number of ether oxygens (including phenoxy) is 2. The minimum atomic E-state index is -3.52. The number of carbonyl (C=O) groups is 1. The molecule has 2 aromatic rings. The summed E-state index contributed by atoms with van der Waals surface area (Å²) in [6.07, 6.45) is 6.12. The number of aromatic nitrogens is 2. The standard InChI is InChI=1S/C23H27FN4O5S/c1-13-20(27-17-6-5-15(11-16(17)24)34(3,30)31)25-12-26-21(13)32-19-10-14-4-7-18(19)28(14)22(29)33-23(2)8-9-23/h5-6,11-12,14,18-19H,4,7-10H2,1-3H3,(H,25,26,27). The summed E-state index contributed by atoms with van der Waals surface area (Å²) in [4.78, 5) is 22.9. The van der Waals surface area contributed by atoms with Crippen molar-refractivity contribution in [3.05, 3.63) is 35.9 Å². The van der Waals surface area contributed by atoms with E-state index in [0.29, 0.717) is 23.7 Å². The quantitative estimate of drug-likeness (QED) is 0.652. The van der Waals surface area contributed by atoms with Crippen LogP contribution in [0.2, 0.25) is 0 Å². The first-order chi connectivity index (χ1) is 16.0. The Labute approximate surface area is 197 Å². The molecule has 1 aliphatic carbocycles. The Kier molecular flexibility index (Phi) is 5.42. The van der Waals surface area contributed by atoms with Crippen molar-refractivity contribution in [1.82, 2.24) is 14.9 Å². The van der Waals surface area contributed by atoms with Gasteiger partial charge in [0.25, 0.3) is 0 Å². The molecular formula is C23H27FN4O5S. The SMILES string of the molecule is Cc1c(Nc2ccc(S(C)(=O)=O)cc2F)ncnc1OC1CC2CCC1N2C(=O)OC1(C)CC1. The first-order valence-electron chi connectivity index (χ1n) is 11.3. The van der Waals surface area contributed by atoms with Gasteiger partial charge in [-0.15, -0.1) is 0 Å². The molecule has 2 aliphatic heterocycles. The van der Waals surface area contributed by atoms with Gasteiger partial charge in [0.2, 0.25) is 5.88 Å². The van der Waals surface area contributed by atoms with E-state index in [4.69, 9.17) is 9.47 Å². The summed E-state index contributed by atoms with van der Waals surface area (Å²) >= 11 is 0. The fourth-order valence-electron chi connectivity index (χ4n) is 4.66. The van der Waals surface area contributed by atoms with Crippen molar-refractivity contribution in [3.63, 3.8) is 0 Å². The lowest BCUT2D eigenvalue weighted by Crippen LogP contribution is -2.41. The number of amides is 1. The normalized spacial score (nSPS) is 24.7.